The summed E-state index contributed by atoms with van der Waals surface area (Å²) in [7, 11) is 5.13. The van der Waals surface area contributed by atoms with Crippen molar-refractivity contribution in [3.63, 3.8) is 0 Å². The quantitative estimate of drug-likeness (QED) is 0.741. The molecule has 24 heavy (non-hydrogen) atoms. The largest absolute Gasteiger partial charge is 0.497 e. The first-order chi connectivity index (χ1) is 11.1. The van der Waals surface area contributed by atoms with E-state index < -0.39 is 0 Å². The first-order valence-electron chi connectivity index (χ1n) is 7.64. The maximum absolute atomic E-state index is 12.1. The van der Waals surface area contributed by atoms with Gasteiger partial charge in [0.2, 0.25) is 5.91 Å². The third-order valence-electron chi connectivity index (χ3n) is 3.72. The van der Waals surface area contributed by atoms with Gasteiger partial charge in [-0.25, -0.2) is 0 Å². The predicted molar refractivity (Wildman–Crippen MR) is 99.0 cm³/mol. The zero-order valence-corrected chi connectivity index (χ0v) is 15.2. The van der Waals surface area contributed by atoms with Gasteiger partial charge < -0.3 is 19.7 Å². The second kappa shape index (κ2) is 10.1. The lowest BCUT2D eigenvalue weighted by atomic mass is 10.1. The van der Waals surface area contributed by atoms with E-state index in [-0.39, 0.29) is 18.3 Å². The van der Waals surface area contributed by atoms with Crippen molar-refractivity contribution in [3.8, 4) is 5.75 Å². The molecule has 2 aromatic rings. The highest BCUT2D eigenvalue weighted by atomic mass is 35.5. The summed E-state index contributed by atoms with van der Waals surface area (Å²) in [6.07, 6.45) is 0. The Kier molecular flexibility index (Phi) is 8.54. The average molecular weight is 353 g/mol. The molecule has 0 bridgehead atoms. The van der Waals surface area contributed by atoms with Crippen LogP contribution in [-0.4, -0.2) is 51.8 Å². The Morgan fingerprint density at radius 1 is 1.12 bits per heavy atom. The molecule has 0 atom stereocenters. The van der Waals surface area contributed by atoms with Crippen LogP contribution in [0, 0.1) is 0 Å². The SMILES string of the molecule is COCCNCC(=O)N(C)Cc1ccc2cc(OC)ccc2c1.Cl. The van der Waals surface area contributed by atoms with E-state index in [9.17, 15) is 4.79 Å². The molecule has 0 aliphatic rings. The minimum absolute atomic E-state index is 0. The zero-order valence-electron chi connectivity index (χ0n) is 14.4. The molecule has 0 aromatic heterocycles. The number of carbonyl (C=O) groups excluding carboxylic acids is 1. The van der Waals surface area contributed by atoms with Crippen LogP contribution in [-0.2, 0) is 16.1 Å². The fraction of sp³-hybridized carbons (Fsp3) is 0.389. The van der Waals surface area contributed by atoms with E-state index in [2.05, 4.69) is 17.4 Å². The fourth-order valence-corrected chi connectivity index (χ4v) is 2.37. The molecule has 2 rings (SSSR count). The van der Waals surface area contributed by atoms with Gasteiger partial charge in [-0.15, -0.1) is 12.4 Å². The number of hydrogen-bond acceptors (Lipinski definition) is 4. The highest BCUT2D eigenvalue weighted by molar-refractivity contribution is 5.85. The van der Waals surface area contributed by atoms with Crippen molar-refractivity contribution in [2.24, 2.45) is 0 Å². The van der Waals surface area contributed by atoms with Gasteiger partial charge >= 0.3 is 0 Å². The summed E-state index contributed by atoms with van der Waals surface area (Å²) >= 11 is 0. The fourth-order valence-electron chi connectivity index (χ4n) is 2.37. The number of ether oxygens (including phenoxy) is 2. The van der Waals surface area contributed by atoms with Crippen molar-refractivity contribution in [2.45, 2.75) is 6.54 Å². The smallest absolute Gasteiger partial charge is 0.236 e. The summed E-state index contributed by atoms with van der Waals surface area (Å²) in [6, 6.07) is 12.2. The van der Waals surface area contributed by atoms with E-state index in [0.29, 0.717) is 26.2 Å². The lowest BCUT2D eigenvalue weighted by Crippen LogP contribution is -2.36. The van der Waals surface area contributed by atoms with Crippen LogP contribution in [0.2, 0.25) is 0 Å². The van der Waals surface area contributed by atoms with E-state index in [1.54, 1.807) is 19.1 Å². The van der Waals surface area contributed by atoms with Crippen LogP contribution in [0.4, 0.5) is 0 Å². The number of nitrogens with one attached hydrogen (secondary N) is 1. The van der Waals surface area contributed by atoms with Crippen molar-refractivity contribution in [3.05, 3.63) is 42.0 Å². The first kappa shape index (κ1) is 20.2. The minimum atomic E-state index is 0. The van der Waals surface area contributed by atoms with Crippen LogP contribution >= 0.6 is 12.4 Å². The second-order valence-corrected chi connectivity index (χ2v) is 5.47. The zero-order chi connectivity index (χ0) is 16.7. The van der Waals surface area contributed by atoms with E-state index in [4.69, 9.17) is 9.47 Å². The van der Waals surface area contributed by atoms with Gasteiger partial charge in [-0.3, -0.25) is 4.79 Å². The summed E-state index contributed by atoms with van der Waals surface area (Å²) in [5.41, 5.74) is 1.11. The predicted octanol–water partition coefficient (Wildman–Crippen LogP) is 2.46. The number of amides is 1. The Morgan fingerprint density at radius 3 is 2.54 bits per heavy atom. The molecule has 132 valence electrons. The monoisotopic (exact) mass is 352 g/mol. The Labute approximate surface area is 149 Å². The Hall–Kier alpha value is -1.82. The number of benzene rings is 2. The third kappa shape index (κ3) is 5.67. The molecule has 0 saturated heterocycles. The Morgan fingerprint density at radius 2 is 1.83 bits per heavy atom. The topological polar surface area (TPSA) is 50.8 Å². The summed E-state index contributed by atoms with van der Waals surface area (Å²) in [5.74, 6) is 0.913. The molecule has 0 aliphatic heterocycles. The summed E-state index contributed by atoms with van der Waals surface area (Å²) in [4.78, 5) is 13.8. The molecule has 0 radical (unpaired) electrons. The van der Waals surface area contributed by atoms with Gasteiger partial charge in [0.05, 0.1) is 20.3 Å². The Bertz CT molecular complexity index is 664. The molecule has 0 aliphatic carbocycles. The van der Waals surface area contributed by atoms with Crippen molar-refractivity contribution in [1.82, 2.24) is 10.2 Å². The van der Waals surface area contributed by atoms with Gasteiger partial charge in [-0.2, -0.15) is 0 Å². The standard InChI is InChI=1S/C18H24N2O3.ClH/c1-20(18(21)12-19-8-9-22-2)13-14-4-5-16-11-17(23-3)7-6-15(16)10-14;/h4-7,10-11,19H,8-9,12-13H2,1-3H3;1H. The van der Waals surface area contributed by atoms with Crippen molar-refractivity contribution in [1.29, 1.82) is 0 Å². The lowest BCUT2D eigenvalue weighted by Gasteiger charge is -2.18. The van der Waals surface area contributed by atoms with Crippen LogP contribution in [0.5, 0.6) is 5.75 Å². The Balaban J connectivity index is 0.00000288. The molecule has 1 amide bonds. The van der Waals surface area contributed by atoms with Crippen LogP contribution in [0.25, 0.3) is 10.8 Å². The minimum Gasteiger partial charge on any atom is -0.497 e. The van der Waals surface area contributed by atoms with E-state index in [1.165, 1.54) is 0 Å². The molecule has 1 N–H and O–H groups in total. The lowest BCUT2D eigenvalue weighted by molar-refractivity contribution is -0.129. The van der Waals surface area contributed by atoms with Gasteiger partial charge in [0, 0.05) is 27.2 Å². The number of hydrogen-bond donors (Lipinski definition) is 1. The van der Waals surface area contributed by atoms with Crippen LogP contribution < -0.4 is 10.1 Å². The van der Waals surface area contributed by atoms with E-state index >= 15 is 0 Å². The van der Waals surface area contributed by atoms with Crippen LogP contribution in [0.1, 0.15) is 5.56 Å². The maximum Gasteiger partial charge on any atom is 0.236 e. The molecule has 6 heteroatoms. The molecule has 0 heterocycles. The first-order valence-corrected chi connectivity index (χ1v) is 7.64. The summed E-state index contributed by atoms with van der Waals surface area (Å²) in [6.45, 7) is 2.19. The maximum atomic E-state index is 12.1. The molecular formula is C18H25ClN2O3. The third-order valence-corrected chi connectivity index (χ3v) is 3.72. The van der Waals surface area contributed by atoms with E-state index in [1.807, 2.05) is 31.3 Å². The normalized spacial score (nSPS) is 10.3. The van der Waals surface area contributed by atoms with Gasteiger partial charge in [0.25, 0.3) is 0 Å². The number of fused-ring (bicyclic) bond motifs is 1. The molecule has 2 aromatic carbocycles. The molecule has 0 saturated carbocycles. The molecular weight excluding hydrogens is 328 g/mol. The second-order valence-electron chi connectivity index (χ2n) is 5.47. The molecule has 0 unspecified atom stereocenters. The number of halogens is 1. The van der Waals surface area contributed by atoms with Gasteiger partial charge in [-0.1, -0.05) is 18.2 Å². The number of likely N-dealkylation sites (N-methyl/N-ethyl adjacent to an activating group) is 1. The molecule has 0 spiro atoms. The number of nitrogens with zero attached hydrogens (tertiary/aromatic N) is 1. The van der Waals surface area contributed by atoms with Crippen LogP contribution in [0.3, 0.4) is 0 Å². The summed E-state index contributed by atoms with van der Waals surface area (Å²) < 4.78 is 10.2. The highest BCUT2D eigenvalue weighted by Crippen LogP contribution is 2.22. The van der Waals surface area contributed by atoms with Crippen molar-refractivity contribution < 1.29 is 14.3 Å². The molecule has 0 fully saturated rings. The number of methoxy groups -OCH3 is 2. The van der Waals surface area contributed by atoms with Gasteiger partial charge in [-0.05, 0) is 34.5 Å². The van der Waals surface area contributed by atoms with Gasteiger partial charge in [0.15, 0.2) is 0 Å². The number of rotatable bonds is 8. The average Bonchev–Trinajstić information content (AvgIpc) is 2.58. The summed E-state index contributed by atoms with van der Waals surface area (Å²) in [5, 5.41) is 5.33. The van der Waals surface area contributed by atoms with E-state index in [0.717, 1.165) is 22.1 Å². The number of carbonyl (C=O) groups is 1. The highest BCUT2D eigenvalue weighted by Gasteiger charge is 2.09. The van der Waals surface area contributed by atoms with Gasteiger partial charge in [0.1, 0.15) is 5.75 Å². The van der Waals surface area contributed by atoms with Crippen LogP contribution in [0.15, 0.2) is 36.4 Å². The van der Waals surface area contributed by atoms with Crippen molar-refractivity contribution >= 4 is 29.1 Å². The molecule has 5 nitrogen and oxygen atoms in total. The van der Waals surface area contributed by atoms with Crippen molar-refractivity contribution in [2.75, 3.05) is 41.0 Å².